The molecule has 176 valence electrons. The molecule has 0 spiro atoms. The molecule has 0 aliphatic carbocycles. The topological polar surface area (TPSA) is 100 Å². The standard InChI is InChI=1S/C26H26ClN3O4/c1-26(2,32)23-21(31)12-18(14-33-23)34-25-28-20-13-19(27)22(29-24(20)30-25)17-10-8-16(9-11-17)15-6-4-3-5-7-15/h3-11,13,18,21,23,31-32H,12,14H2,1-2H3,(H,28,29,30)/t18-,21+,23+/m1/s1. The molecule has 2 aromatic heterocycles. The second-order valence-corrected chi connectivity index (χ2v) is 9.53. The van der Waals surface area contributed by atoms with E-state index in [0.717, 1.165) is 16.7 Å². The first-order chi connectivity index (χ1) is 16.3. The Kier molecular flexibility index (Phi) is 6.04. The van der Waals surface area contributed by atoms with Crippen molar-refractivity contribution in [3.8, 4) is 28.4 Å². The molecule has 3 N–H and O–H groups in total. The van der Waals surface area contributed by atoms with Gasteiger partial charge in [-0.05, 0) is 31.0 Å². The highest BCUT2D eigenvalue weighted by molar-refractivity contribution is 6.33. The highest BCUT2D eigenvalue weighted by Crippen LogP contribution is 2.32. The third-order valence-electron chi connectivity index (χ3n) is 5.96. The van der Waals surface area contributed by atoms with Crippen LogP contribution >= 0.6 is 11.6 Å². The van der Waals surface area contributed by atoms with Crippen LogP contribution in [0.1, 0.15) is 20.3 Å². The average molecular weight is 480 g/mol. The summed E-state index contributed by atoms with van der Waals surface area (Å²) in [6.45, 7) is 3.46. The molecule has 7 nitrogen and oxygen atoms in total. The van der Waals surface area contributed by atoms with E-state index in [1.54, 1.807) is 19.9 Å². The van der Waals surface area contributed by atoms with Crippen molar-refractivity contribution in [2.75, 3.05) is 6.61 Å². The van der Waals surface area contributed by atoms with Crippen LogP contribution in [-0.2, 0) is 4.74 Å². The third kappa shape index (κ3) is 4.65. The van der Waals surface area contributed by atoms with Crippen molar-refractivity contribution in [3.05, 3.63) is 65.7 Å². The van der Waals surface area contributed by atoms with E-state index in [1.807, 2.05) is 42.5 Å². The number of aliphatic hydroxyl groups is 2. The molecule has 1 aliphatic heterocycles. The molecular weight excluding hydrogens is 454 g/mol. The molecule has 1 saturated heterocycles. The van der Waals surface area contributed by atoms with Crippen molar-refractivity contribution in [2.45, 2.75) is 44.2 Å². The van der Waals surface area contributed by atoms with Crippen molar-refractivity contribution in [2.24, 2.45) is 0 Å². The van der Waals surface area contributed by atoms with Gasteiger partial charge in [0.2, 0.25) is 0 Å². The van der Waals surface area contributed by atoms with Gasteiger partial charge in [-0.1, -0.05) is 66.2 Å². The number of hydrogen-bond donors (Lipinski definition) is 3. The number of nitrogens with one attached hydrogen (secondary N) is 1. The van der Waals surface area contributed by atoms with Crippen LogP contribution in [0.4, 0.5) is 0 Å². The highest BCUT2D eigenvalue weighted by Gasteiger charge is 2.40. The van der Waals surface area contributed by atoms with Crippen LogP contribution in [0.2, 0.25) is 5.02 Å². The van der Waals surface area contributed by atoms with Crippen LogP contribution in [0, 0.1) is 0 Å². The van der Waals surface area contributed by atoms with Gasteiger partial charge in [0.25, 0.3) is 6.01 Å². The number of fused-ring (bicyclic) bond motifs is 1. The van der Waals surface area contributed by atoms with Gasteiger partial charge >= 0.3 is 0 Å². The summed E-state index contributed by atoms with van der Waals surface area (Å²) in [5.74, 6) is 0. The summed E-state index contributed by atoms with van der Waals surface area (Å²) in [5.41, 5.74) is 3.79. The molecule has 0 radical (unpaired) electrons. The Hall–Kier alpha value is -2.97. The third-order valence-corrected chi connectivity index (χ3v) is 6.25. The summed E-state index contributed by atoms with van der Waals surface area (Å²) in [6, 6.07) is 20.3. The predicted octanol–water partition coefficient (Wildman–Crippen LogP) is 4.61. The number of rotatable bonds is 5. The molecule has 1 aliphatic rings. The predicted molar refractivity (Wildman–Crippen MR) is 131 cm³/mol. The Labute approximate surface area is 202 Å². The Morgan fingerprint density at radius 2 is 1.71 bits per heavy atom. The maximum atomic E-state index is 10.4. The van der Waals surface area contributed by atoms with Gasteiger partial charge in [0.15, 0.2) is 5.65 Å². The van der Waals surface area contributed by atoms with E-state index in [1.165, 1.54) is 0 Å². The zero-order valence-electron chi connectivity index (χ0n) is 18.9. The minimum Gasteiger partial charge on any atom is -0.459 e. The number of hydrogen-bond acceptors (Lipinski definition) is 6. The van der Waals surface area contributed by atoms with Crippen molar-refractivity contribution < 1.29 is 19.7 Å². The van der Waals surface area contributed by atoms with E-state index >= 15 is 0 Å². The van der Waals surface area contributed by atoms with E-state index in [2.05, 4.69) is 27.1 Å². The monoisotopic (exact) mass is 479 g/mol. The number of aromatic nitrogens is 3. The summed E-state index contributed by atoms with van der Waals surface area (Å²) in [7, 11) is 0. The van der Waals surface area contributed by atoms with Crippen LogP contribution < -0.4 is 4.74 Å². The van der Waals surface area contributed by atoms with Gasteiger partial charge in [-0.3, -0.25) is 4.98 Å². The van der Waals surface area contributed by atoms with Crippen molar-refractivity contribution in [1.29, 1.82) is 0 Å². The van der Waals surface area contributed by atoms with Gasteiger partial charge in [-0.15, -0.1) is 0 Å². The van der Waals surface area contributed by atoms with Crippen LogP contribution in [0.5, 0.6) is 6.01 Å². The number of benzene rings is 2. The minimum atomic E-state index is -1.14. The van der Waals surface area contributed by atoms with Gasteiger partial charge in [0.1, 0.15) is 17.7 Å². The normalized spacial score (nSPS) is 21.0. The Morgan fingerprint density at radius 1 is 1.03 bits per heavy atom. The first-order valence-electron chi connectivity index (χ1n) is 11.2. The number of ether oxygens (including phenoxy) is 2. The fourth-order valence-corrected chi connectivity index (χ4v) is 4.56. The van der Waals surface area contributed by atoms with Gasteiger partial charge < -0.3 is 19.7 Å². The molecule has 34 heavy (non-hydrogen) atoms. The van der Waals surface area contributed by atoms with E-state index < -0.39 is 23.9 Å². The maximum absolute atomic E-state index is 10.4. The number of imidazole rings is 1. The second-order valence-electron chi connectivity index (χ2n) is 9.12. The van der Waals surface area contributed by atoms with Gasteiger partial charge in [-0.25, -0.2) is 4.98 Å². The van der Waals surface area contributed by atoms with Crippen molar-refractivity contribution in [3.63, 3.8) is 0 Å². The number of H-pyrrole nitrogens is 1. The summed E-state index contributed by atoms with van der Waals surface area (Å²) < 4.78 is 11.6. The van der Waals surface area contributed by atoms with Crippen molar-refractivity contribution in [1.82, 2.24) is 15.0 Å². The minimum absolute atomic E-state index is 0.232. The van der Waals surface area contributed by atoms with Gasteiger partial charge in [-0.2, -0.15) is 4.98 Å². The number of pyridine rings is 1. The van der Waals surface area contributed by atoms with Gasteiger partial charge in [0.05, 0.1) is 29.0 Å². The van der Waals surface area contributed by atoms with E-state index in [9.17, 15) is 10.2 Å². The van der Waals surface area contributed by atoms with E-state index in [0.29, 0.717) is 28.3 Å². The highest BCUT2D eigenvalue weighted by atomic mass is 35.5. The molecule has 3 heterocycles. The van der Waals surface area contributed by atoms with Crippen LogP contribution in [0.15, 0.2) is 60.7 Å². The zero-order valence-corrected chi connectivity index (χ0v) is 19.7. The quantitative estimate of drug-likeness (QED) is 0.386. The number of nitrogens with zero attached hydrogens (tertiary/aromatic N) is 2. The fourth-order valence-electron chi connectivity index (χ4n) is 4.30. The van der Waals surface area contributed by atoms with Gasteiger partial charge in [0, 0.05) is 12.0 Å². The molecule has 0 unspecified atom stereocenters. The smallest absolute Gasteiger partial charge is 0.296 e. The molecular formula is C26H26ClN3O4. The molecule has 0 saturated carbocycles. The lowest BCUT2D eigenvalue weighted by Crippen LogP contribution is -2.53. The molecule has 2 aromatic carbocycles. The van der Waals surface area contributed by atoms with Crippen LogP contribution in [0.25, 0.3) is 33.5 Å². The molecule has 3 atom stereocenters. The molecule has 8 heteroatoms. The zero-order chi connectivity index (χ0) is 23.9. The van der Waals surface area contributed by atoms with E-state index in [4.69, 9.17) is 21.1 Å². The number of halogens is 1. The molecule has 0 amide bonds. The number of aliphatic hydroxyl groups excluding tert-OH is 1. The first kappa shape index (κ1) is 22.8. The SMILES string of the molecule is CC(C)(O)[C@H]1OC[C@H](Oc2nc3cc(Cl)c(-c4ccc(-c5ccccc5)cc4)nc3[nH]2)C[C@@H]1O. The largest absolute Gasteiger partial charge is 0.459 e. The lowest BCUT2D eigenvalue weighted by atomic mass is 9.91. The van der Waals surface area contributed by atoms with E-state index in [-0.39, 0.29) is 12.6 Å². The average Bonchev–Trinajstić information content (AvgIpc) is 3.19. The lowest BCUT2D eigenvalue weighted by Gasteiger charge is -2.38. The molecule has 1 fully saturated rings. The summed E-state index contributed by atoms with van der Waals surface area (Å²) in [5, 5.41) is 21.0. The summed E-state index contributed by atoms with van der Waals surface area (Å²) in [4.78, 5) is 12.2. The second kappa shape index (κ2) is 9.00. The number of aromatic amines is 1. The Morgan fingerprint density at radius 3 is 2.38 bits per heavy atom. The van der Waals surface area contributed by atoms with Crippen LogP contribution in [0.3, 0.4) is 0 Å². The molecule has 4 aromatic rings. The fraction of sp³-hybridized carbons (Fsp3) is 0.308. The Bertz CT molecular complexity index is 1290. The first-order valence-corrected chi connectivity index (χ1v) is 11.6. The lowest BCUT2D eigenvalue weighted by molar-refractivity contribution is -0.183. The summed E-state index contributed by atoms with van der Waals surface area (Å²) >= 11 is 6.54. The maximum Gasteiger partial charge on any atom is 0.296 e. The Balaban J connectivity index is 1.34. The molecule has 0 bridgehead atoms. The molecule has 5 rings (SSSR count). The summed E-state index contributed by atoms with van der Waals surface area (Å²) in [6.07, 6.45) is -1.60. The van der Waals surface area contributed by atoms with Crippen molar-refractivity contribution >= 4 is 22.8 Å². The van der Waals surface area contributed by atoms with Crippen LogP contribution in [-0.4, -0.2) is 55.7 Å².